The first-order chi connectivity index (χ1) is 9.62. The van der Waals surface area contributed by atoms with Gasteiger partial charge in [0.15, 0.2) is 0 Å². The molecule has 13 heavy (non-hydrogen) atoms. The zero-order chi connectivity index (χ0) is 16.4. The van der Waals surface area contributed by atoms with Crippen LogP contribution in [0.2, 0.25) is 2.82 Å². The Balaban J connectivity index is 3.46. The maximum absolute atomic E-state index is 11.5. The van der Waals surface area contributed by atoms with E-state index in [1.165, 1.54) is 0 Å². The van der Waals surface area contributed by atoms with E-state index < -0.39 is 24.1 Å². The Hall–Kier alpha value is -1.55. The number of aromatic hydroxyl groups is 1. The predicted octanol–water partition coefficient (Wildman–Crippen LogP) is 0.347. The van der Waals surface area contributed by atoms with Crippen molar-refractivity contribution in [1.82, 2.24) is 0 Å². The molecule has 0 spiro atoms. The second-order valence-corrected chi connectivity index (χ2v) is 2.20. The van der Waals surface area contributed by atoms with Crippen LogP contribution >= 0.6 is 0 Å². The molecular formula is C9H11NO3. The molecule has 0 fully saturated rings. The van der Waals surface area contributed by atoms with Gasteiger partial charge in [0.1, 0.15) is 14.6 Å². The molecule has 1 aromatic rings. The lowest BCUT2D eigenvalue weighted by molar-refractivity contribution is -0.138. The molecule has 1 aromatic carbocycles. The number of aliphatic carboxylic acids is 1. The zero-order valence-electron chi connectivity index (χ0n) is 14.4. The van der Waals surface area contributed by atoms with Gasteiger partial charge in [-0.15, -0.1) is 0 Å². The molecule has 70 valence electrons. The molecule has 1 rings (SSSR count). The smallest absolute Gasteiger partial charge is 0.320 e. The number of hydrogen-bond donors (Lipinski definition) is 3. The molecule has 1 atom stereocenters. The van der Waals surface area contributed by atoms with Gasteiger partial charge < -0.3 is 15.9 Å². The van der Waals surface area contributed by atoms with E-state index in [4.69, 9.17) is 11.2 Å². The van der Waals surface area contributed by atoms with Gasteiger partial charge in [-0.2, -0.15) is 0 Å². The van der Waals surface area contributed by atoms with Crippen LogP contribution in [0, 0.1) is 0 Å². The zero-order valence-corrected chi connectivity index (χ0v) is 6.40. The monoisotopic (exact) mass is 189 g/mol. The lowest BCUT2D eigenvalue weighted by atomic mass is 10.1. The average Bonchev–Trinajstić information content (AvgIpc) is 2.45. The van der Waals surface area contributed by atoms with Gasteiger partial charge in [-0.25, -0.2) is 0 Å². The molecule has 0 saturated carbocycles. The molecule has 0 amide bonds. The minimum absolute atomic E-state index is 0.225. The summed E-state index contributed by atoms with van der Waals surface area (Å²) in [6.07, 6.45) is -2.95. The summed E-state index contributed by atoms with van der Waals surface area (Å²) in [5.74, 6) is -2.10. The van der Waals surface area contributed by atoms with Crippen LogP contribution in [0.5, 0.6) is 5.75 Å². The largest absolute Gasteiger partial charge is 0.508 e. The van der Waals surface area contributed by atoms with Gasteiger partial charge in [-0.3, -0.25) is 4.79 Å². The molecule has 4 nitrogen and oxygen atoms in total. The third-order valence-corrected chi connectivity index (χ3v) is 1.23. The molecule has 0 heterocycles. The van der Waals surface area contributed by atoms with E-state index in [0.717, 1.165) is 18.2 Å². The number of nitrogens with two attached hydrogens (primary N) is 1. The number of carboxylic acid groups (broad SMARTS) is 1. The third-order valence-electron chi connectivity index (χ3n) is 1.23. The van der Waals surface area contributed by atoms with Crippen LogP contribution in [0.15, 0.2) is 24.2 Å². The summed E-state index contributed by atoms with van der Waals surface area (Å²) in [6, 6.07) is -0.384. The van der Waals surface area contributed by atoms with Crippen molar-refractivity contribution in [2.24, 2.45) is 5.72 Å². The fraction of sp³-hybridized carbons (Fsp3) is 0.222. The summed E-state index contributed by atoms with van der Waals surface area (Å²) in [4.78, 5) is 11.5. The van der Waals surface area contributed by atoms with Crippen molar-refractivity contribution in [2.75, 3.05) is 0 Å². The number of phenols is 1. The van der Waals surface area contributed by atoms with Crippen molar-refractivity contribution in [2.45, 2.75) is 12.4 Å². The molecule has 0 aliphatic heterocycles. The Morgan fingerprint density at radius 3 is 3.69 bits per heavy atom. The highest BCUT2D eigenvalue weighted by Crippen LogP contribution is 2.11. The number of carbonyl (C=O) groups is 1. The first-order valence-corrected chi connectivity index (χ1v) is 3.32. The molecule has 4 N–H and O–H groups in total. The highest BCUT2D eigenvalue weighted by molar-refractivity contribution is 5.73. The number of carboxylic acids is 1. The van der Waals surface area contributed by atoms with Crippen LogP contribution in [0.3, 0.4) is 0 Å². The maximum Gasteiger partial charge on any atom is 0.320 e. The van der Waals surface area contributed by atoms with Gasteiger partial charge in [0.25, 0.3) is 2.86 Å². The Labute approximate surface area is 87.1 Å². The summed E-state index contributed by atoms with van der Waals surface area (Å²) < 4.78 is 58.3. The van der Waals surface area contributed by atoms with E-state index in [0.29, 0.717) is 0 Å². The van der Waals surface area contributed by atoms with Crippen molar-refractivity contribution in [3.63, 3.8) is 0 Å². The molecule has 0 radical (unpaired) electrons. The van der Waals surface area contributed by atoms with Crippen LogP contribution in [0.1, 0.15) is 11.0 Å². The lowest BCUT2D eigenvalue weighted by Gasteiger charge is -2.05. The van der Waals surface area contributed by atoms with E-state index in [2.05, 4.69) is 10.2 Å². The van der Waals surface area contributed by atoms with E-state index in [-0.39, 0.29) is 17.4 Å². The van der Waals surface area contributed by atoms with Crippen LogP contribution in [0.4, 0.5) is 0 Å². The molecule has 0 unspecified atom stereocenters. The summed E-state index contributed by atoms with van der Waals surface area (Å²) in [6.45, 7) is 0. The van der Waals surface area contributed by atoms with Crippen molar-refractivity contribution < 1.29 is 23.3 Å². The Morgan fingerprint density at radius 2 is 3.00 bits per heavy atom. The summed E-state index contributed by atoms with van der Waals surface area (Å²) in [5.41, 5.74) is -0.898. The molecule has 0 aliphatic rings. The normalized spacial score (nSPS) is 24.4. The van der Waals surface area contributed by atoms with E-state index in [9.17, 15) is 4.79 Å². The molecule has 0 aromatic heterocycles. The Bertz CT molecular complexity index is 540. The Kier molecular flexibility index (Phi) is 0.994. The van der Waals surface area contributed by atoms with Crippen molar-refractivity contribution >= 4 is 5.97 Å². The molecule has 0 saturated heterocycles. The fourth-order valence-electron chi connectivity index (χ4n) is 0.710. The maximum atomic E-state index is 11.5. The van der Waals surface area contributed by atoms with Crippen LogP contribution in [-0.2, 0) is 11.2 Å². The van der Waals surface area contributed by atoms with Gasteiger partial charge in [-0.05, 0) is 24.0 Å². The standard InChI is InChI=1S/C9H11NO3/c10-8(9(12)13)5-6-2-1-3-7(11)4-6/h1-4,8,11H,5,10H2,(H,12,13)/t8-/m1/s1/i3D,5D2,8D/hD4. The van der Waals surface area contributed by atoms with E-state index in [1.807, 2.05) is 0 Å². The van der Waals surface area contributed by atoms with Gasteiger partial charge in [-0.1, -0.05) is 12.1 Å². The summed E-state index contributed by atoms with van der Waals surface area (Å²) >= 11 is 0. The van der Waals surface area contributed by atoms with Gasteiger partial charge in [0, 0.05) is 2.74 Å². The van der Waals surface area contributed by atoms with Gasteiger partial charge >= 0.3 is 5.97 Å². The predicted molar refractivity (Wildman–Crippen MR) is 47.4 cm³/mol. The quantitative estimate of drug-likeness (QED) is 0.624. The number of benzene rings is 1. The van der Waals surface area contributed by atoms with Crippen LogP contribution < -0.4 is 5.72 Å². The highest BCUT2D eigenvalue weighted by atomic mass is 16.4. The second-order valence-electron chi connectivity index (χ2n) is 2.20. The average molecular weight is 189 g/mol. The minimum atomic E-state index is -3.18. The SMILES string of the molecule is [2H]OC(=O)[C@]([2H])(N([2H])[2H])C([2H])([2H])c1ccc([2H])c(O[2H])c1. The minimum Gasteiger partial charge on any atom is -0.508 e. The number of hydrogen-bond acceptors (Lipinski definition) is 4. The molecule has 0 bridgehead atoms. The first kappa shape index (κ1) is 3.31. The molecular weight excluding hydrogens is 170 g/mol. The van der Waals surface area contributed by atoms with Gasteiger partial charge in [0.05, 0.1) is 2.74 Å². The number of phenolic OH excluding ortho intramolecular Hbond substituents is 1. The van der Waals surface area contributed by atoms with Crippen molar-refractivity contribution in [3.05, 3.63) is 29.8 Å². The van der Waals surface area contributed by atoms with E-state index in [1.54, 1.807) is 0 Å². The topological polar surface area (TPSA) is 83.5 Å². The van der Waals surface area contributed by atoms with Crippen molar-refractivity contribution in [3.8, 4) is 5.75 Å². The summed E-state index contributed by atoms with van der Waals surface area (Å²) in [7, 11) is 0. The summed E-state index contributed by atoms with van der Waals surface area (Å²) in [5, 5.41) is 7.68. The third kappa shape index (κ3) is 2.76. The fourth-order valence-corrected chi connectivity index (χ4v) is 0.710. The van der Waals surface area contributed by atoms with E-state index >= 15 is 0 Å². The Morgan fingerprint density at radius 1 is 2.08 bits per heavy atom. The molecule has 0 aliphatic carbocycles. The first-order valence-electron chi connectivity index (χ1n) is 7.03. The van der Waals surface area contributed by atoms with Crippen LogP contribution in [-0.4, -0.2) is 23.6 Å². The highest BCUT2D eigenvalue weighted by Gasteiger charge is 2.11. The van der Waals surface area contributed by atoms with Crippen molar-refractivity contribution in [1.29, 1.82) is 2.86 Å². The molecule has 4 heteroatoms. The lowest BCUT2D eigenvalue weighted by Crippen LogP contribution is -2.32. The van der Waals surface area contributed by atoms with Gasteiger partial charge in [0.2, 0.25) is 0 Å². The number of rotatable bonds is 5. The van der Waals surface area contributed by atoms with Crippen LogP contribution in [0.25, 0.3) is 1.43 Å². The second kappa shape index (κ2) is 3.91.